The van der Waals surface area contributed by atoms with Crippen molar-refractivity contribution in [2.45, 2.75) is 33.1 Å². The maximum absolute atomic E-state index is 6.12. The summed E-state index contributed by atoms with van der Waals surface area (Å²) in [6.45, 7) is 4.42. The second kappa shape index (κ2) is 6.07. The van der Waals surface area contributed by atoms with Crippen molar-refractivity contribution >= 4 is 11.6 Å². The van der Waals surface area contributed by atoms with Gasteiger partial charge in [0.05, 0.1) is 5.69 Å². The molecule has 0 unspecified atom stereocenters. The number of hydrogen-bond donors (Lipinski definition) is 0. The van der Waals surface area contributed by atoms with Crippen molar-refractivity contribution in [3.05, 3.63) is 76.1 Å². The average Bonchev–Trinajstić information content (AvgIpc) is 2.99. The number of pyridine rings is 1. The van der Waals surface area contributed by atoms with Gasteiger partial charge < -0.3 is 0 Å². The van der Waals surface area contributed by atoms with E-state index in [9.17, 15) is 0 Å². The summed E-state index contributed by atoms with van der Waals surface area (Å²) in [6.07, 6.45) is 2.89. The van der Waals surface area contributed by atoms with Crippen molar-refractivity contribution in [1.29, 1.82) is 0 Å². The van der Waals surface area contributed by atoms with Crippen molar-refractivity contribution in [2.75, 3.05) is 0 Å². The van der Waals surface area contributed by atoms with E-state index in [-0.39, 0.29) is 0 Å². The van der Waals surface area contributed by atoms with Crippen molar-refractivity contribution < 1.29 is 0 Å². The van der Waals surface area contributed by atoms with Crippen LogP contribution >= 0.6 is 11.6 Å². The van der Waals surface area contributed by atoms with E-state index in [1.165, 1.54) is 44.8 Å². The molecule has 0 bridgehead atoms. The molecule has 0 fully saturated rings. The van der Waals surface area contributed by atoms with Crippen molar-refractivity contribution in [3.63, 3.8) is 0 Å². The second-order valence-corrected chi connectivity index (χ2v) is 6.72. The molecule has 120 valence electrons. The summed E-state index contributed by atoms with van der Waals surface area (Å²) in [7, 11) is 0. The first-order valence-corrected chi connectivity index (χ1v) is 8.99. The van der Waals surface area contributed by atoms with Crippen LogP contribution in [0.15, 0.2) is 48.5 Å². The summed E-state index contributed by atoms with van der Waals surface area (Å²) in [5.41, 5.74) is 10.4. The summed E-state index contributed by atoms with van der Waals surface area (Å²) >= 11 is 6.12. The number of hydrogen-bond acceptors (Lipinski definition) is 1. The highest BCUT2D eigenvalue weighted by Gasteiger charge is 2.26. The fourth-order valence-corrected chi connectivity index (χ4v) is 3.98. The first-order chi connectivity index (χ1) is 11.7. The lowest BCUT2D eigenvalue weighted by Crippen LogP contribution is -2.03. The van der Waals surface area contributed by atoms with Gasteiger partial charge in [-0.05, 0) is 52.8 Å². The summed E-state index contributed by atoms with van der Waals surface area (Å²) < 4.78 is 0. The van der Waals surface area contributed by atoms with Gasteiger partial charge in [0.2, 0.25) is 0 Å². The van der Waals surface area contributed by atoms with Crippen LogP contribution in [0.25, 0.3) is 22.3 Å². The van der Waals surface area contributed by atoms with Crippen LogP contribution in [0.3, 0.4) is 0 Å². The Kier molecular flexibility index (Phi) is 3.90. The molecule has 2 aromatic carbocycles. The van der Waals surface area contributed by atoms with Crippen LogP contribution in [0.2, 0.25) is 5.02 Å². The average molecular weight is 334 g/mol. The Morgan fingerprint density at radius 1 is 0.917 bits per heavy atom. The van der Waals surface area contributed by atoms with Gasteiger partial charge in [0.25, 0.3) is 0 Å². The molecule has 1 aliphatic carbocycles. The predicted octanol–water partition coefficient (Wildman–Crippen LogP) is 6.10. The highest BCUT2D eigenvalue weighted by Crippen LogP contribution is 2.44. The lowest BCUT2D eigenvalue weighted by Gasteiger charge is -2.18. The number of fused-ring (bicyclic) bond motifs is 3. The summed E-state index contributed by atoms with van der Waals surface area (Å²) in [6, 6.07) is 16.9. The number of aromatic nitrogens is 1. The van der Waals surface area contributed by atoms with Crippen molar-refractivity contribution in [3.8, 4) is 22.3 Å². The fourth-order valence-electron chi connectivity index (χ4n) is 3.85. The molecule has 0 atom stereocenters. The van der Waals surface area contributed by atoms with Crippen molar-refractivity contribution in [2.24, 2.45) is 0 Å². The molecule has 1 aliphatic rings. The first-order valence-electron chi connectivity index (χ1n) is 8.61. The Morgan fingerprint density at radius 3 is 2.38 bits per heavy atom. The number of benzene rings is 2. The Hall–Kier alpha value is -2.12. The van der Waals surface area contributed by atoms with Gasteiger partial charge in [-0.3, -0.25) is 4.98 Å². The van der Waals surface area contributed by atoms with E-state index in [4.69, 9.17) is 16.6 Å². The van der Waals surface area contributed by atoms with Crippen LogP contribution in [0.4, 0.5) is 0 Å². The Bertz CT molecular complexity index is 910. The molecule has 2 heteroatoms. The minimum Gasteiger partial charge on any atom is -0.257 e. The summed E-state index contributed by atoms with van der Waals surface area (Å²) in [4.78, 5) is 5.03. The number of nitrogens with zero attached hydrogens (tertiary/aromatic N) is 1. The Balaban J connectivity index is 2.07. The van der Waals surface area contributed by atoms with Gasteiger partial charge in [0, 0.05) is 22.7 Å². The van der Waals surface area contributed by atoms with Gasteiger partial charge in [-0.1, -0.05) is 61.8 Å². The van der Waals surface area contributed by atoms with Crippen LogP contribution in [-0.2, 0) is 19.3 Å². The van der Waals surface area contributed by atoms with Crippen molar-refractivity contribution in [1.82, 2.24) is 4.98 Å². The molecular formula is C22H20ClN. The molecule has 24 heavy (non-hydrogen) atoms. The van der Waals surface area contributed by atoms with Gasteiger partial charge in [0.1, 0.15) is 0 Å². The molecular weight excluding hydrogens is 314 g/mol. The molecule has 1 heterocycles. The smallest absolute Gasteiger partial charge is 0.0535 e. The zero-order valence-electron chi connectivity index (χ0n) is 14.1. The molecule has 3 aromatic rings. The molecule has 0 radical (unpaired) electrons. The van der Waals surface area contributed by atoms with Gasteiger partial charge in [-0.25, -0.2) is 0 Å². The summed E-state index contributed by atoms with van der Waals surface area (Å²) in [5, 5.41) is 0.776. The normalized spacial score (nSPS) is 12.1. The van der Waals surface area contributed by atoms with Crippen LogP contribution in [0.1, 0.15) is 36.4 Å². The lowest BCUT2D eigenvalue weighted by atomic mass is 9.89. The minimum atomic E-state index is 0.776. The molecule has 0 N–H and O–H groups in total. The second-order valence-electron chi connectivity index (χ2n) is 6.28. The van der Waals surface area contributed by atoms with Gasteiger partial charge in [0.15, 0.2) is 0 Å². The molecule has 4 rings (SSSR count). The molecule has 0 saturated carbocycles. The maximum Gasteiger partial charge on any atom is 0.0535 e. The van der Waals surface area contributed by atoms with E-state index in [2.05, 4.69) is 50.2 Å². The molecule has 0 aliphatic heterocycles. The quantitative estimate of drug-likeness (QED) is 0.441. The predicted molar refractivity (Wildman–Crippen MR) is 102 cm³/mol. The molecule has 1 aromatic heterocycles. The van der Waals surface area contributed by atoms with E-state index < -0.39 is 0 Å². The number of aryl methyl sites for hydroxylation is 1. The number of rotatable bonds is 3. The minimum absolute atomic E-state index is 0.776. The highest BCUT2D eigenvalue weighted by molar-refractivity contribution is 6.30. The van der Waals surface area contributed by atoms with Gasteiger partial charge in [-0.15, -0.1) is 0 Å². The third kappa shape index (κ3) is 2.35. The van der Waals surface area contributed by atoms with Crippen LogP contribution in [0, 0.1) is 0 Å². The third-order valence-corrected chi connectivity index (χ3v) is 5.18. The monoisotopic (exact) mass is 333 g/mol. The standard InChI is InChI=1S/C22H20ClN/c1-3-17-19(4-2)24-20-13-15-7-5-6-8-18(15)22(20)21(17)14-9-11-16(23)12-10-14/h5-12H,3-4,13H2,1-2H3. The molecule has 1 nitrogen and oxygen atoms in total. The topological polar surface area (TPSA) is 12.9 Å². The highest BCUT2D eigenvalue weighted by atomic mass is 35.5. The first kappa shape index (κ1) is 15.4. The molecule has 0 amide bonds. The van der Waals surface area contributed by atoms with E-state index in [0.29, 0.717) is 0 Å². The van der Waals surface area contributed by atoms with Gasteiger partial charge in [-0.2, -0.15) is 0 Å². The van der Waals surface area contributed by atoms with E-state index in [1.807, 2.05) is 12.1 Å². The van der Waals surface area contributed by atoms with E-state index in [1.54, 1.807) is 0 Å². The Labute approximate surface area is 148 Å². The zero-order valence-corrected chi connectivity index (χ0v) is 14.8. The van der Waals surface area contributed by atoms with Gasteiger partial charge >= 0.3 is 0 Å². The summed E-state index contributed by atoms with van der Waals surface area (Å²) in [5.74, 6) is 0. The largest absolute Gasteiger partial charge is 0.257 e. The lowest BCUT2D eigenvalue weighted by molar-refractivity contribution is 0.939. The fraction of sp³-hybridized carbons (Fsp3) is 0.227. The van der Waals surface area contributed by atoms with Crippen LogP contribution < -0.4 is 0 Å². The molecule has 0 spiro atoms. The van der Waals surface area contributed by atoms with Crippen LogP contribution in [-0.4, -0.2) is 4.98 Å². The maximum atomic E-state index is 6.12. The Morgan fingerprint density at radius 2 is 1.67 bits per heavy atom. The number of halogens is 1. The van der Waals surface area contributed by atoms with E-state index in [0.717, 1.165) is 24.3 Å². The molecule has 0 saturated heterocycles. The SMILES string of the molecule is CCc1nc2c(c(-c3ccc(Cl)cc3)c1CC)-c1ccccc1C2. The zero-order chi connectivity index (χ0) is 16.7. The van der Waals surface area contributed by atoms with Crippen LogP contribution in [0.5, 0.6) is 0 Å². The third-order valence-electron chi connectivity index (χ3n) is 4.92. The van der Waals surface area contributed by atoms with E-state index >= 15 is 0 Å².